The predicted octanol–water partition coefficient (Wildman–Crippen LogP) is 3.75. The van der Waals surface area contributed by atoms with E-state index in [0.717, 1.165) is 44.4 Å². The van der Waals surface area contributed by atoms with E-state index in [1.165, 1.54) is 0 Å². The Bertz CT molecular complexity index is 1790. The predicted molar refractivity (Wildman–Crippen MR) is 169 cm³/mol. The molecule has 0 saturated carbocycles. The van der Waals surface area contributed by atoms with E-state index in [9.17, 15) is 29.4 Å². The summed E-state index contributed by atoms with van der Waals surface area (Å²) in [6.07, 6.45) is 9.19. The van der Waals surface area contributed by atoms with E-state index in [4.69, 9.17) is 0 Å². The minimum atomic E-state index is -0.922. The molecule has 10 nitrogen and oxygen atoms in total. The molecule has 0 aliphatic carbocycles. The number of carboxylic acids is 2. The number of nitrogens with zero attached hydrogens (tertiary/aromatic N) is 1. The van der Waals surface area contributed by atoms with E-state index < -0.39 is 11.9 Å². The first-order valence-corrected chi connectivity index (χ1v) is 15.0. The van der Waals surface area contributed by atoms with Crippen molar-refractivity contribution in [3.05, 3.63) is 72.8 Å². The second kappa shape index (κ2) is 13.3. The van der Waals surface area contributed by atoms with Crippen molar-refractivity contribution in [2.45, 2.75) is 80.1 Å². The van der Waals surface area contributed by atoms with Crippen molar-refractivity contribution in [3.8, 4) is 0 Å². The number of aliphatic imine (C=N–C) groups is 1. The monoisotopic (exact) mass is 600 g/mol. The molecular weight excluding hydrogens is 560 g/mol. The number of rotatable bonds is 11. The fourth-order valence-electron chi connectivity index (χ4n) is 6.06. The maximum atomic E-state index is 12.6. The smallest absolute Gasteiger partial charge is 0.303 e. The molecule has 0 aromatic carbocycles. The van der Waals surface area contributed by atoms with E-state index in [0.29, 0.717) is 40.9 Å². The molecule has 5 N–H and O–H groups in total. The van der Waals surface area contributed by atoms with Crippen molar-refractivity contribution < 1.29 is 29.4 Å². The van der Waals surface area contributed by atoms with Gasteiger partial charge in [0.05, 0.1) is 11.6 Å². The van der Waals surface area contributed by atoms with Crippen molar-refractivity contribution in [1.29, 1.82) is 0 Å². The van der Waals surface area contributed by atoms with Gasteiger partial charge in [0, 0.05) is 46.2 Å². The van der Waals surface area contributed by atoms with Gasteiger partial charge in [-0.05, 0) is 105 Å². The molecule has 2 amide bonds. The van der Waals surface area contributed by atoms with Gasteiger partial charge in [0.25, 0.3) is 5.91 Å². The van der Waals surface area contributed by atoms with Crippen molar-refractivity contribution >= 4 is 47.7 Å². The Labute approximate surface area is 256 Å². The molecule has 44 heavy (non-hydrogen) atoms. The number of aromatic amines is 2. The molecule has 10 heteroatoms. The average molecular weight is 601 g/mol. The van der Waals surface area contributed by atoms with Gasteiger partial charge >= 0.3 is 11.9 Å². The van der Waals surface area contributed by atoms with Gasteiger partial charge < -0.3 is 25.5 Å². The molecule has 1 fully saturated rings. The molecule has 1 saturated heterocycles. The molecule has 2 aliphatic heterocycles. The molecule has 1 atom stereocenters. The minimum absolute atomic E-state index is 0.0487. The third kappa shape index (κ3) is 6.44. The zero-order valence-corrected chi connectivity index (χ0v) is 26.1. The van der Waals surface area contributed by atoms with Crippen LogP contribution in [-0.4, -0.2) is 49.6 Å². The number of amides is 2. The summed E-state index contributed by atoms with van der Waals surface area (Å²) in [5.41, 5.74) is 8.47. The third-order valence-electron chi connectivity index (χ3n) is 8.59. The van der Waals surface area contributed by atoms with Crippen LogP contribution in [0, 0.1) is 19.8 Å². The van der Waals surface area contributed by atoms with Crippen molar-refractivity contribution in [1.82, 2.24) is 15.3 Å². The quantitative estimate of drug-likeness (QED) is 0.264. The van der Waals surface area contributed by atoms with Crippen LogP contribution >= 0.6 is 0 Å². The summed E-state index contributed by atoms with van der Waals surface area (Å²) >= 11 is 0. The summed E-state index contributed by atoms with van der Waals surface area (Å²) in [5.74, 6) is -2.35. The molecule has 4 heterocycles. The van der Waals surface area contributed by atoms with E-state index in [1.54, 1.807) is 0 Å². The number of carbonyl (C=O) groups excluding carboxylic acids is 2. The van der Waals surface area contributed by atoms with Crippen LogP contribution in [0.2, 0.25) is 0 Å². The van der Waals surface area contributed by atoms with Crippen LogP contribution < -0.4 is 16.0 Å². The number of aromatic nitrogens is 2. The largest absolute Gasteiger partial charge is 0.481 e. The second-order valence-corrected chi connectivity index (χ2v) is 11.2. The van der Waals surface area contributed by atoms with E-state index in [-0.39, 0.29) is 43.4 Å². The number of carboxylic acid groups (broad SMARTS) is 2. The van der Waals surface area contributed by atoms with Crippen LogP contribution in [0.15, 0.2) is 33.5 Å². The van der Waals surface area contributed by atoms with Gasteiger partial charge in [0.1, 0.15) is 0 Å². The Morgan fingerprint density at radius 2 is 1.52 bits per heavy atom. The van der Waals surface area contributed by atoms with E-state index in [1.807, 2.05) is 65.8 Å². The summed E-state index contributed by atoms with van der Waals surface area (Å²) in [6.45, 7) is 11.5. The third-order valence-corrected chi connectivity index (χ3v) is 8.59. The molecule has 1 unspecified atom stereocenters. The average Bonchev–Trinajstić information content (AvgIpc) is 3.62. The Balaban J connectivity index is 1.90. The first-order chi connectivity index (χ1) is 20.9. The Morgan fingerprint density at radius 3 is 2.09 bits per heavy atom. The normalized spacial score (nSPS) is 19.6. The van der Waals surface area contributed by atoms with Crippen molar-refractivity contribution in [2.75, 3.05) is 0 Å². The van der Waals surface area contributed by atoms with Crippen LogP contribution in [0.5, 0.6) is 0 Å². The van der Waals surface area contributed by atoms with Crippen LogP contribution in [0.25, 0.3) is 18.2 Å². The highest BCUT2D eigenvalue weighted by Gasteiger charge is 2.31. The van der Waals surface area contributed by atoms with Crippen molar-refractivity contribution in [3.63, 3.8) is 0 Å². The van der Waals surface area contributed by atoms with Gasteiger partial charge in [-0.15, -0.1) is 0 Å². The maximum Gasteiger partial charge on any atom is 0.303 e. The summed E-state index contributed by atoms with van der Waals surface area (Å²) in [7, 11) is 0. The van der Waals surface area contributed by atoms with Crippen LogP contribution in [-0.2, 0) is 32.0 Å². The fourth-order valence-corrected chi connectivity index (χ4v) is 6.06. The maximum absolute atomic E-state index is 12.6. The Morgan fingerprint density at radius 1 is 0.864 bits per heavy atom. The van der Waals surface area contributed by atoms with Crippen molar-refractivity contribution in [2.24, 2.45) is 10.9 Å². The Kier molecular flexibility index (Phi) is 9.71. The second-order valence-electron chi connectivity index (χ2n) is 11.2. The molecular formula is C34H40N4O6. The zero-order chi connectivity index (χ0) is 32.3. The number of H-pyrrole nitrogens is 2. The lowest BCUT2D eigenvalue weighted by Crippen LogP contribution is -2.17. The van der Waals surface area contributed by atoms with E-state index >= 15 is 0 Å². The first-order valence-electron chi connectivity index (χ1n) is 15.0. The highest BCUT2D eigenvalue weighted by molar-refractivity contribution is 6.30. The molecule has 2 aromatic rings. The highest BCUT2D eigenvalue weighted by Crippen LogP contribution is 2.31. The number of nitrogens with one attached hydrogen (secondary N) is 3. The number of allylic oxidation sites excluding steroid dienone is 3. The van der Waals surface area contributed by atoms with Gasteiger partial charge in [-0.1, -0.05) is 19.9 Å². The first kappa shape index (κ1) is 32.2. The summed E-state index contributed by atoms with van der Waals surface area (Å²) in [6, 6.07) is 0. The molecule has 2 aliphatic rings. The molecule has 4 rings (SSSR count). The lowest BCUT2D eigenvalue weighted by molar-refractivity contribution is -0.138. The van der Waals surface area contributed by atoms with Gasteiger partial charge in [0.15, 0.2) is 0 Å². The lowest BCUT2D eigenvalue weighted by Gasteiger charge is -2.05. The standard InChI is InChI=1S/C34H40N4O6/c1-7-20-17(4)27(37-33(20)43)14-25-18(5)23(10-12-31(39)40)29(35-25)16-30-24(11-13-32(41)42)19(6)26(36-30)15-28-21(8-2)22(9-3)34(44)38-28/h8,14-16,22,35-36H,7,9-13H2,1-6H3,(H,38,44)(H,39,40)(H,41,42)/b21-8+,25-14-,28-15-,29-16-. The SMILES string of the molecule is C/C=C1/C(=C/c2[nH]c(/C=c3\[nH]/c(=C\C4=NC(=O)C(CC)=C4C)c(C)c3CCC(=O)O)c(CCC(=O)O)c2C)NC(=O)C1CC. The number of hydrogen-bond donors (Lipinski definition) is 5. The number of carbonyl (C=O) groups is 4. The highest BCUT2D eigenvalue weighted by atomic mass is 16.4. The Hall–Kier alpha value is -4.73. The van der Waals surface area contributed by atoms with Crippen LogP contribution in [0.4, 0.5) is 0 Å². The lowest BCUT2D eigenvalue weighted by atomic mass is 9.96. The fraction of sp³-hybridized carbons (Fsp3) is 0.382. The van der Waals surface area contributed by atoms with Gasteiger partial charge in [-0.25, -0.2) is 4.99 Å². The van der Waals surface area contributed by atoms with Crippen LogP contribution in [0.3, 0.4) is 0 Å². The number of aliphatic carboxylic acids is 2. The van der Waals surface area contributed by atoms with Gasteiger partial charge in [0.2, 0.25) is 5.91 Å². The molecule has 232 valence electrons. The molecule has 0 spiro atoms. The number of hydrogen-bond acceptors (Lipinski definition) is 4. The van der Waals surface area contributed by atoms with E-state index in [2.05, 4.69) is 20.3 Å². The summed E-state index contributed by atoms with van der Waals surface area (Å²) < 4.78 is 0. The van der Waals surface area contributed by atoms with Crippen LogP contribution in [0.1, 0.15) is 87.0 Å². The summed E-state index contributed by atoms with van der Waals surface area (Å²) in [4.78, 5) is 59.1. The zero-order valence-electron chi connectivity index (χ0n) is 26.1. The minimum Gasteiger partial charge on any atom is -0.481 e. The van der Waals surface area contributed by atoms with Gasteiger partial charge in [-0.2, -0.15) is 0 Å². The van der Waals surface area contributed by atoms with Gasteiger partial charge in [-0.3, -0.25) is 19.2 Å². The molecule has 0 radical (unpaired) electrons. The molecule has 2 aromatic heterocycles. The molecule has 0 bridgehead atoms. The summed E-state index contributed by atoms with van der Waals surface area (Å²) in [5, 5.41) is 23.3. The topological polar surface area (TPSA) is 165 Å².